The van der Waals surface area contributed by atoms with E-state index >= 15 is 0 Å². The Labute approximate surface area is 295 Å². The van der Waals surface area contributed by atoms with Crippen molar-refractivity contribution in [2.24, 2.45) is 0 Å². The van der Waals surface area contributed by atoms with Crippen LogP contribution in [0.5, 0.6) is 0 Å². The first kappa shape index (κ1) is 28.2. The molecule has 7 aromatic carbocycles. The molecular weight excluding hydrogens is 645 g/mol. The van der Waals surface area contributed by atoms with Crippen LogP contribution in [0.2, 0.25) is 0 Å². The fourth-order valence-electron chi connectivity index (χ4n) is 7.64. The minimum Gasteiger partial charge on any atom is -0.456 e. The molecule has 51 heavy (non-hydrogen) atoms. The first-order valence-corrected chi connectivity index (χ1v) is 17.8. The summed E-state index contributed by atoms with van der Waals surface area (Å²) in [6.45, 7) is 0. The summed E-state index contributed by atoms with van der Waals surface area (Å²) in [5, 5.41) is 6.81. The lowest BCUT2D eigenvalue weighted by Gasteiger charge is -2.11. The van der Waals surface area contributed by atoms with Gasteiger partial charge in [-0.3, -0.25) is 0 Å². The molecule has 11 aromatic rings. The maximum absolute atomic E-state index is 6.51. The third-order valence-corrected chi connectivity index (χ3v) is 11.0. The summed E-state index contributed by atoms with van der Waals surface area (Å²) in [5.41, 5.74) is 7.81. The Bertz CT molecular complexity index is 3100. The molecule has 4 aromatic heterocycles. The van der Waals surface area contributed by atoms with E-state index in [0.29, 0.717) is 17.5 Å². The van der Waals surface area contributed by atoms with Crippen molar-refractivity contribution < 1.29 is 4.42 Å². The zero-order valence-corrected chi connectivity index (χ0v) is 27.9. The summed E-state index contributed by atoms with van der Waals surface area (Å²) in [7, 11) is 0. The number of thiophene rings is 1. The van der Waals surface area contributed by atoms with Crippen LogP contribution >= 0.6 is 11.3 Å². The summed E-state index contributed by atoms with van der Waals surface area (Å²) in [5.74, 6) is 1.87. The van der Waals surface area contributed by atoms with Gasteiger partial charge in [0.15, 0.2) is 17.5 Å². The average Bonchev–Trinajstić information content (AvgIpc) is 3.87. The van der Waals surface area contributed by atoms with E-state index in [1.165, 1.54) is 25.6 Å². The van der Waals surface area contributed by atoms with Crippen molar-refractivity contribution in [3.05, 3.63) is 158 Å². The lowest BCUT2D eigenvalue weighted by molar-refractivity contribution is 0.669. The van der Waals surface area contributed by atoms with Crippen molar-refractivity contribution >= 4 is 75.3 Å². The fourth-order valence-corrected chi connectivity index (χ4v) is 8.77. The highest BCUT2D eigenvalue weighted by molar-refractivity contribution is 7.25. The second-order valence-corrected chi connectivity index (χ2v) is 13.9. The normalized spacial score (nSPS) is 11.9. The first-order valence-electron chi connectivity index (χ1n) is 16.9. The van der Waals surface area contributed by atoms with Gasteiger partial charge in [-0.1, -0.05) is 109 Å². The van der Waals surface area contributed by atoms with Crippen molar-refractivity contribution in [1.82, 2.24) is 19.5 Å². The van der Waals surface area contributed by atoms with Crippen LogP contribution in [0.25, 0.3) is 104 Å². The summed E-state index contributed by atoms with van der Waals surface area (Å²) < 4.78 is 11.3. The molecular formula is C45H26N4OS. The van der Waals surface area contributed by atoms with E-state index < -0.39 is 0 Å². The molecule has 6 heteroatoms. The molecule has 11 rings (SSSR count). The monoisotopic (exact) mass is 670 g/mol. The fraction of sp³-hybridized carbons (Fsp3) is 0. The molecule has 0 radical (unpaired) electrons. The molecule has 0 bridgehead atoms. The van der Waals surface area contributed by atoms with Crippen molar-refractivity contribution in [2.75, 3.05) is 0 Å². The Kier molecular flexibility index (Phi) is 6.05. The molecule has 5 nitrogen and oxygen atoms in total. The molecule has 0 aliphatic heterocycles. The highest BCUT2D eigenvalue weighted by Crippen LogP contribution is 2.42. The van der Waals surface area contributed by atoms with E-state index in [9.17, 15) is 0 Å². The number of nitrogens with zero attached hydrogens (tertiary/aromatic N) is 4. The average molecular weight is 671 g/mol. The summed E-state index contributed by atoms with van der Waals surface area (Å²) in [6.07, 6.45) is 0. The van der Waals surface area contributed by atoms with Gasteiger partial charge in [0.1, 0.15) is 11.2 Å². The van der Waals surface area contributed by atoms with Gasteiger partial charge in [0.2, 0.25) is 0 Å². The number of furan rings is 1. The Hall–Kier alpha value is -6.63. The molecule has 238 valence electrons. The number of hydrogen-bond acceptors (Lipinski definition) is 5. The van der Waals surface area contributed by atoms with Crippen LogP contribution in [-0.2, 0) is 0 Å². The number of para-hydroxylation sites is 2. The van der Waals surface area contributed by atoms with Crippen molar-refractivity contribution in [3.8, 4) is 39.9 Å². The molecule has 0 saturated heterocycles. The first-order chi connectivity index (χ1) is 25.3. The number of hydrogen-bond donors (Lipinski definition) is 0. The minimum absolute atomic E-state index is 0.603. The lowest BCUT2D eigenvalue weighted by atomic mass is 10.0. The van der Waals surface area contributed by atoms with E-state index in [1.807, 2.05) is 30.3 Å². The van der Waals surface area contributed by atoms with Gasteiger partial charge in [-0.2, -0.15) is 0 Å². The molecule has 0 aliphatic rings. The zero-order chi connectivity index (χ0) is 33.5. The second-order valence-electron chi connectivity index (χ2n) is 12.8. The molecule has 0 aliphatic carbocycles. The Balaban J connectivity index is 1.18. The van der Waals surface area contributed by atoms with Gasteiger partial charge in [-0.25, -0.2) is 15.0 Å². The smallest absolute Gasteiger partial charge is 0.164 e. The van der Waals surface area contributed by atoms with Crippen LogP contribution in [0.4, 0.5) is 0 Å². The number of rotatable bonds is 4. The van der Waals surface area contributed by atoms with Crippen molar-refractivity contribution in [2.45, 2.75) is 0 Å². The Morgan fingerprint density at radius 3 is 1.80 bits per heavy atom. The number of benzene rings is 7. The van der Waals surface area contributed by atoms with Crippen LogP contribution in [0.3, 0.4) is 0 Å². The maximum atomic E-state index is 6.51. The van der Waals surface area contributed by atoms with Gasteiger partial charge in [0.05, 0.1) is 11.0 Å². The minimum atomic E-state index is 0.603. The van der Waals surface area contributed by atoms with Gasteiger partial charge in [-0.05, 0) is 48.5 Å². The van der Waals surface area contributed by atoms with E-state index in [-0.39, 0.29) is 0 Å². The molecule has 4 heterocycles. The van der Waals surface area contributed by atoms with Crippen molar-refractivity contribution in [3.63, 3.8) is 0 Å². The van der Waals surface area contributed by atoms with Gasteiger partial charge in [0.25, 0.3) is 0 Å². The molecule has 0 spiro atoms. The van der Waals surface area contributed by atoms with Crippen LogP contribution in [0, 0.1) is 0 Å². The van der Waals surface area contributed by atoms with Gasteiger partial charge in [0, 0.05) is 64.1 Å². The summed E-state index contributed by atoms with van der Waals surface area (Å²) in [6, 6.07) is 54.9. The van der Waals surface area contributed by atoms with E-state index in [1.54, 1.807) is 11.3 Å². The Morgan fingerprint density at radius 1 is 0.431 bits per heavy atom. The van der Waals surface area contributed by atoms with E-state index in [0.717, 1.165) is 60.7 Å². The molecule has 0 fully saturated rings. The van der Waals surface area contributed by atoms with Crippen LogP contribution in [0.15, 0.2) is 162 Å². The van der Waals surface area contributed by atoms with Crippen molar-refractivity contribution in [1.29, 1.82) is 0 Å². The predicted octanol–water partition coefficient (Wildman–Crippen LogP) is 12.2. The zero-order valence-electron chi connectivity index (χ0n) is 27.1. The third kappa shape index (κ3) is 4.30. The Morgan fingerprint density at radius 2 is 1.04 bits per heavy atom. The number of fused-ring (bicyclic) bond motifs is 9. The van der Waals surface area contributed by atoms with Crippen LogP contribution in [-0.4, -0.2) is 19.5 Å². The highest BCUT2D eigenvalue weighted by atomic mass is 32.1. The van der Waals surface area contributed by atoms with Crippen LogP contribution in [0.1, 0.15) is 0 Å². The molecule has 0 N–H and O–H groups in total. The van der Waals surface area contributed by atoms with Gasteiger partial charge < -0.3 is 8.98 Å². The predicted molar refractivity (Wildman–Crippen MR) is 211 cm³/mol. The number of aromatic nitrogens is 4. The molecule has 0 atom stereocenters. The lowest BCUT2D eigenvalue weighted by Crippen LogP contribution is -2.00. The topological polar surface area (TPSA) is 56.7 Å². The van der Waals surface area contributed by atoms with Gasteiger partial charge in [-0.15, -0.1) is 11.3 Å². The SMILES string of the molecule is c1ccc(-c2nc(-c3cccc4oc5ccc(-n6c7ccccc7c7ccccc76)cc5c34)nc(-c3cccc4sc5ccccc5c34)n2)cc1. The summed E-state index contributed by atoms with van der Waals surface area (Å²) >= 11 is 1.79. The standard InChI is InChI=1S/C45H26N4OS/c1-2-12-27(13-3-1)43-46-44(48-45(47-43)33-18-11-23-40-42(33)31-16-6-9-22-39(31)51-40)32-17-10-21-38-41(32)34-26-28(24-25-37(34)50-38)49-35-19-7-4-14-29(35)30-15-5-8-20-36(30)49/h1-26H. The molecule has 0 saturated carbocycles. The third-order valence-electron chi connectivity index (χ3n) is 9.87. The second kappa shape index (κ2) is 10.9. The molecule has 0 unspecified atom stereocenters. The summed E-state index contributed by atoms with van der Waals surface area (Å²) in [4.78, 5) is 15.5. The van der Waals surface area contributed by atoms with Crippen LogP contribution < -0.4 is 0 Å². The highest BCUT2D eigenvalue weighted by Gasteiger charge is 2.21. The maximum Gasteiger partial charge on any atom is 0.164 e. The van der Waals surface area contributed by atoms with Gasteiger partial charge >= 0.3 is 0 Å². The largest absolute Gasteiger partial charge is 0.456 e. The van der Waals surface area contributed by atoms with E-state index in [4.69, 9.17) is 19.4 Å². The molecule has 0 amide bonds. The van der Waals surface area contributed by atoms with E-state index in [2.05, 4.69) is 132 Å². The quantitative estimate of drug-likeness (QED) is 0.187.